The summed E-state index contributed by atoms with van der Waals surface area (Å²) in [5, 5.41) is 12.3. The van der Waals surface area contributed by atoms with E-state index >= 15 is 0 Å². The van der Waals surface area contributed by atoms with Crippen LogP contribution in [0, 0.1) is 6.92 Å². The van der Waals surface area contributed by atoms with Crippen LogP contribution in [0.5, 0.6) is 5.75 Å². The second-order valence-corrected chi connectivity index (χ2v) is 4.70. The van der Waals surface area contributed by atoms with Gasteiger partial charge >= 0.3 is 0 Å². The first-order chi connectivity index (χ1) is 8.66. The van der Waals surface area contributed by atoms with Crippen LogP contribution in [-0.4, -0.2) is 30.3 Å². The minimum Gasteiger partial charge on any atom is -0.508 e. The van der Waals surface area contributed by atoms with Gasteiger partial charge in [0.05, 0.1) is 6.10 Å². The van der Waals surface area contributed by atoms with Gasteiger partial charge in [-0.25, -0.2) is 0 Å². The van der Waals surface area contributed by atoms with Crippen molar-refractivity contribution < 1.29 is 14.6 Å². The van der Waals surface area contributed by atoms with Crippen molar-refractivity contribution in [2.75, 3.05) is 13.2 Å². The zero-order valence-corrected chi connectivity index (χ0v) is 10.6. The standard InChI is InChI=1S/C14H19NO3/c1-10-8-11(5-6-13(10)16)14(17)15-9-12-4-2-3-7-18-12/h5-6,8,12,16H,2-4,7,9H2,1H3,(H,15,17). The molecular formula is C14H19NO3. The molecule has 4 nitrogen and oxygen atoms in total. The summed E-state index contributed by atoms with van der Waals surface area (Å²) in [6.45, 7) is 3.12. The van der Waals surface area contributed by atoms with Crippen LogP contribution < -0.4 is 5.32 Å². The highest BCUT2D eigenvalue weighted by Gasteiger charge is 2.15. The van der Waals surface area contributed by atoms with E-state index in [0.717, 1.165) is 19.4 Å². The maximum Gasteiger partial charge on any atom is 0.251 e. The summed E-state index contributed by atoms with van der Waals surface area (Å²) in [6, 6.07) is 4.85. The number of ether oxygens (including phenoxy) is 1. The number of amides is 1. The van der Waals surface area contributed by atoms with E-state index in [-0.39, 0.29) is 17.8 Å². The molecule has 1 unspecified atom stereocenters. The van der Waals surface area contributed by atoms with Gasteiger partial charge in [0.2, 0.25) is 0 Å². The smallest absolute Gasteiger partial charge is 0.251 e. The first-order valence-electron chi connectivity index (χ1n) is 6.36. The summed E-state index contributed by atoms with van der Waals surface area (Å²) in [4.78, 5) is 11.9. The Balaban J connectivity index is 1.88. The van der Waals surface area contributed by atoms with E-state index in [1.165, 1.54) is 6.42 Å². The van der Waals surface area contributed by atoms with Crippen molar-refractivity contribution in [2.45, 2.75) is 32.3 Å². The van der Waals surface area contributed by atoms with Crippen molar-refractivity contribution in [2.24, 2.45) is 0 Å². The Kier molecular flexibility index (Phi) is 4.20. The van der Waals surface area contributed by atoms with Crippen molar-refractivity contribution in [1.82, 2.24) is 5.32 Å². The molecular weight excluding hydrogens is 230 g/mol. The molecule has 1 atom stereocenters. The van der Waals surface area contributed by atoms with Crippen molar-refractivity contribution in [3.63, 3.8) is 0 Å². The van der Waals surface area contributed by atoms with Gasteiger partial charge in [-0.05, 0) is 49.9 Å². The zero-order chi connectivity index (χ0) is 13.0. The van der Waals surface area contributed by atoms with E-state index in [1.54, 1.807) is 25.1 Å². The van der Waals surface area contributed by atoms with E-state index in [0.29, 0.717) is 17.7 Å². The second-order valence-electron chi connectivity index (χ2n) is 4.70. The fraction of sp³-hybridized carbons (Fsp3) is 0.500. The lowest BCUT2D eigenvalue weighted by atomic mass is 10.1. The predicted octanol–water partition coefficient (Wildman–Crippen LogP) is 2.00. The topological polar surface area (TPSA) is 58.6 Å². The molecule has 1 aliphatic rings. The number of rotatable bonds is 3. The lowest BCUT2D eigenvalue weighted by Gasteiger charge is -2.22. The van der Waals surface area contributed by atoms with Gasteiger partial charge < -0.3 is 15.2 Å². The molecule has 0 bridgehead atoms. The monoisotopic (exact) mass is 249 g/mol. The quantitative estimate of drug-likeness (QED) is 0.861. The lowest BCUT2D eigenvalue weighted by Crippen LogP contribution is -2.35. The number of hydrogen-bond donors (Lipinski definition) is 2. The van der Waals surface area contributed by atoms with Crippen LogP contribution in [0.3, 0.4) is 0 Å². The summed E-state index contributed by atoms with van der Waals surface area (Å²) in [7, 11) is 0. The van der Waals surface area contributed by atoms with Gasteiger partial charge in [-0.15, -0.1) is 0 Å². The number of nitrogens with one attached hydrogen (secondary N) is 1. The molecule has 0 saturated carbocycles. The SMILES string of the molecule is Cc1cc(C(=O)NCC2CCCCO2)ccc1O. The highest BCUT2D eigenvalue weighted by molar-refractivity contribution is 5.94. The van der Waals surface area contributed by atoms with E-state index in [2.05, 4.69) is 5.32 Å². The van der Waals surface area contributed by atoms with Crippen LogP contribution in [0.4, 0.5) is 0 Å². The number of aromatic hydroxyl groups is 1. The summed E-state index contributed by atoms with van der Waals surface area (Å²) in [6.07, 6.45) is 3.43. The Hall–Kier alpha value is -1.55. The summed E-state index contributed by atoms with van der Waals surface area (Å²) in [5.74, 6) is 0.0921. The van der Waals surface area contributed by atoms with Gasteiger partial charge in [0.1, 0.15) is 5.75 Å². The van der Waals surface area contributed by atoms with Crippen LogP contribution in [0.15, 0.2) is 18.2 Å². The lowest BCUT2D eigenvalue weighted by molar-refractivity contribution is 0.0169. The third-order valence-corrected chi connectivity index (χ3v) is 3.22. The number of phenols is 1. The van der Waals surface area contributed by atoms with Crippen molar-refractivity contribution in [1.29, 1.82) is 0 Å². The fourth-order valence-corrected chi connectivity index (χ4v) is 2.07. The van der Waals surface area contributed by atoms with Gasteiger partial charge in [0.25, 0.3) is 5.91 Å². The molecule has 2 N–H and O–H groups in total. The highest BCUT2D eigenvalue weighted by Crippen LogP contribution is 2.17. The minimum atomic E-state index is -0.118. The largest absolute Gasteiger partial charge is 0.508 e. The maximum atomic E-state index is 11.9. The first kappa shape index (κ1) is 12.9. The third kappa shape index (κ3) is 3.23. The van der Waals surface area contributed by atoms with Gasteiger partial charge in [-0.1, -0.05) is 0 Å². The van der Waals surface area contributed by atoms with Crippen LogP contribution in [-0.2, 0) is 4.74 Å². The van der Waals surface area contributed by atoms with Gasteiger partial charge in [-0.2, -0.15) is 0 Å². The van der Waals surface area contributed by atoms with E-state index in [1.807, 2.05) is 0 Å². The highest BCUT2D eigenvalue weighted by atomic mass is 16.5. The zero-order valence-electron chi connectivity index (χ0n) is 10.6. The van der Waals surface area contributed by atoms with Crippen molar-refractivity contribution in [3.05, 3.63) is 29.3 Å². The summed E-state index contributed by atoms with van der Waals surface area (Å²) < 4.78 is 5.55. The van der Waals surface area contributed by atoms with E-state index in [9.17, 15) is 9.90 Å². The summed E-state index contributed by atoms with van der Waals surface area (Å²) >= 11 is 0. The van der Waals surface area contributed by atoms with Gasteiger partial charge in [0.15, 0.2) is 0 Å². The molecule has 1 saturated heterocycles. The minimum absolute atomic E-state index is 0.118. The molecule has 1 heterocycles. The average molecular weight is 249 g/mol. The Morgan fingerprint density at radius 3 is 3.00 bits per heavy atom. The number of hydrogen-bond acceptors (Lipinski definition) is 3. The molecule has 1 aromatic carbocycles. The van der Waals surface area contributed by atoms with Crippen LogP contribution in [0.25, 0.3) is 0 Å². The van der Waals surface area contributed by atoms with Gasteiger partial charge in [-0.3, -0.25) is 4.79 Å². The van der Waals surface area contributed by atoms with Crippen LogP contribution in [0.1, 0.15) is 35.2 Å². The van der Waals surface area contributed by atoms with Gasteiger partial charge in [0, 0.05) is 18.7 Å². The number of benzene rings is 1. The maximum absolute atomic E-state index is 11.9. The summed E-state index contributed by atoms with van der Waals surface area (Å²) in [5.41, 5.74) is 1.28. The Bertz CT molecular complexity index is 425. The molecule has 1 fully saturated rings. The molecule has 1 aliphatic heterocycles. The molecule has 0 aliphatic carbocycles. The fourth-order valence-electron chi connectivity index (χ4n) is 2.07. The molecule has 0 spiro atoms. The third-order valence-electron chi connectivity index (χ3n) is 3.22. The molecule has 2 rings (SSSR count). The van der Waals surface area contributed by atoms with E-state index in [4.69, 9.17) is 4.74 Å². The Morgan fingerprint density at radius 2 is 2.33 bits per heavy atom. The normalized spacial score (nSPS) is 19.5. The molecule has 1 amide bonds. The number of aryl methyl sites for hydroxylation is 1. The Labute approximate surface area is 107 Å². The molecule has 0 radical (unpaired) electrons. The van der Waals surface area contributed by atoms with Crippen molar-refractivity contribution >= 4 is 5.91 Å². The van der Waals surface area contributed by atoms with E-state index < -0.39 is 0 Å². The van der Waals surface area contributed by atoms with Crippen LogP contribution in [0.2, 0.25) is 0 Å². The number of carbonyl (C=O) groups excluding carboxylic acids is 1. The Morgan fingerprint density at radius 1 is 1.50 bits per heavy atom. The molecule has 4 heteroatoms. The number of carbonyl (C=O) groups is 1. The molecule has 18 heavy (non-hydrogen) atoms. The number of phenolic OH excluding ortho intramolecular Hbond substituents is 1. The average Bonchev–Trinajstić information content (AvgIpc) is 2.40. The van der Waals surface area contributed by atoms with Crippen LogP contribution >= 0.6 is 0 Å². The molecule has 1 aromatic rings. The molecule has 98 valence electrons. The first-order valence-corrected chi connectivity index (χ1v) is 6.36. The second kappa shape index (κ2) is 5.87. The molecule has 0 aromatic heterocycles. The van der Waals surface area contributed by atoms with Crippen molar-refractivity contribution in [3.8, 4) is 5.75 Å². The predicted molar refractivity (Wildman–Crippen MR) is 68.8 cm³/mol.